The Labute approximate surface area is 118 Å². The molecule has 1 aromatic rings. The monoisotopic (exact) mass is 280 g/mol. The fourth-order valence-corrected chi connectivity index (χ4v) is 2.22. The highest BCUT2D eigenvalue weighted by atomic mass is 16.5. The number of aromatic nitrogens is 1. The minimum Gasteiger partial charge on any atom is -0.493 e. The van der Waals surface area contributed by atoms with E-state index in [1.54, 1.807) is 26.5 Å². The van der Waals surface area contributed by atoms with Crippen LogP contribution in [0.15, 0.2) is 12.3 Å². The van der Waals surface area contributed by atoms with Crippen molar-refractivity contribution in [1.82, 2.24) is 9.88 Å². The zero-order valence-electron chi connectivity index (χ0n) is 11.8. The van der Waals surface area contributed by atoms with Crippen LogP contribution in [-0.4, -0.2) is 48.3 Å². The Bertz CT molecular complexity index is 474. The molecular weight excluding hydrogens is 260 g/mol. The maximum atomic E-state index is 11.0. The predicted molar refractivity (Wildman–Crippen MR) is 73.0 cm³/mol. The summed E-state index contributed by atoms with van der Waals surface area (Å²) >= 11 is 0. The third-order valence-corrected chi connectivity index (χ3v) is 3.31. The maximum absolute atomic E-state index is 11.0. The van der Waals surface area contributed by atoms with E-state index in [4.69, 9.17) is 14.6 Å². The van der Waals surface area contributed by atoms with E-state index >= 15 is 0 Å². The Kier molecular flexibility index (Phi) is 4.79. The Hall–Kier alpha value is -1.82. The molecule has 1 fully saturated rings. The van der Waals surface area contributed by atoms with Crippen LogP contribution in [0.4, 0.5) is 0 Å². The average molecular weight is 280 g/mol. The van der Waals surface area contributed by atoms with Gasteiger partial charge in [-0.2, -0.15) is 0 Å². The van der Waals surface area contributed by atoms with Crippen molar-refractivity contribution in [2.45, 2.75) is 19.4 Å². The number of aliphatic carboxylic acids is 1. The molecule has 0 atom stereocenters. The number of carboxylic acid groups (broad SMARTS) is 1. The Balaban J connectivity index is 2.13. The van der Waals surface area contributed by atoms with Crippen LogP contribution < -0.4 is 9.47 Å². The molecule has 1 aromatic heterocycles. The van der Waals surface area contributed by atoms with E-state index in [1.165, 1.54) is 12.8 Å². The molecule has 0 spiro atoms. The largest absolute Gasteiger partial charge is 0.493 e. The van der Waals surface area contributed by atoms with Crippen molar-refractivity contribution in [3.05, 3.63) is 18.0 Å². The SMILES string of the molecule is COc1ccnc(CN(CC(=O)O)CC2CC2)c1OC. The molecule has 1 aliphatic rings. The molecule has 6 heteroatoms. The van der Waals surface area contributed by atoms with Gasteiger partial charge in [-0.3, -0.25) is 14.7 Å². The molecule has 110 valence electrons. The van der Waals surface area contributed by atoms with E-state index < -0.39 is 5.97 Å². The first kappa shape index (κ1) is 14.6. The van der Waals surface area contributed by atoms with Crippen LogP contribution in [0.5, 0.6) is 11.5 Å². The molecule has 0 aliphatic heterocycles. The number of pyridine rings is 1. The summed E-state index contributed by atoms with van der Waals surface area (Å²) in [6.45, 7) is 1.25. The third-order valence-electron chi connectivity index (χ3n) is 3.31. The first-order valence-corrected chi connectivity index (χ1v) is 6.64. The van der Waals surface area contributed by atoms with Crippen LogP contribution in [0.1, 0.15) is 18.5 Å². The van der Waals surface area contributed by atoms with Crippen molar-refractivity contribution in [2.75, 3.05) is 27.3 Å². The standard InChI is InChI=1S/C14H20N2O4/c1-19-12-5-6-15-11(14(12)20-2)8-16(9-13(17)18)7-10-3-4-10/h5-6,10H,3-4,7-9H2,1-2H3,(H,17,18). The minimum atomic E-state index is -0.826. The van der Waals surface area contributed by atoms with E-state index in [0.29, 0.717) is 29.7 Å². The molecule has 0 unspecified atom stereocenters. The number of hydrogen-bond acceptors (Lipinski definition) is 5. The van der Waals surface area contributed by atoms with Gasteiger partial charge in [0.25, 0.3) is 0 Å². The Morgan fingerprint density at radius 3 is 2.75 bits per heavy atom. The molecular formula is C14H20N2O4. The summed E-state index contributed by atoms with van der Waals surface area (Å²) in [7, 11) is 3.13. The number of ether oxygens (including phenoxy) is 2. The lowest BCUT2D eigenvalue weighted by atomic mass is 10.2. The smallest absolute Gasteiger partial charge is 0.317 e. The summed E-state index contributed by atoms with van der Waals surface area (Å²) in [6, 6.07) is 1.73. The van der Waals surface area contributed by atoms with E-state index in [2.05, 4.69) is 4.98 Å². The van der Waals surface area contributed by atoms with Crippen molar-refractivity contribution >= 4 is 5.97 Å². The van der Waals surface area contributed by atoms with Gasteiger partial charge >= 0.3 is 5.97 Å². The van der Waals surface area contributed by atoms with Gasteiger partial charge in [-0.25, -0.2) is 0 Å². The van der Waals surface area contributed by atoms with Crippen LogP contribution in [0.25, 0.3) is 0 Å². The highest BCUT2D eigenvalue weighted by Gasteiger charge is 2.26. The van der Waals surface area contributed by atoms with Gasteiger partial charge in [-0.05, 0) is 18.8 Å². The van der Waals surface area contributed by atoms with Gasteiger partial charge in [0.15, 0.2) is 11.5 Å². The molecule has 1 N–H and O–H groups in total. The highest BCUT2D eigenvalue weighted by molar-refractivity contribution is 5.69. The lowest BCUT2D eigenvalue weighted by Gasteiger charge is -2.21. The van der Waals surface area contributed by atoms with Gasteiger partial charge in [0.05, 0.1) is 20.8 Å². The topological polar surface area (TPSA) is 71.9 Å². The van der Waals surface area contributed by atoms with Crippen molar-refractivity contribution < 1.29 is 19.4 Å². The summed E-state index contributed by atoms with van der Waals surface area (Å²) in [4.78, 5) is 17.1. The molecule has 6 nitrogen and oxygen atoms in total. The molecule has 20 heavy (non-hydrogen) atoms. The van der Waals surface area contributed by atoms with E-state index in [1.807, 2.05) is 4.90 Å². The van der Waals surface area contributed by atoms with Crippen molar-refractivity contribution in [3.63, 3.8) is 0 Å². The van der Waals surface area contributed by atoms with Gasteiger partial charge < -0.3 is 14.6 Å². The number of methoxy groups -OCH3 is 2. The van der Waals surface area contributed by atoms with Crippen LogP contribution in [0.3, 0.4) is 0 Å². The van der Waals surface area contributed by atoms with Crippen molar-refractivity contribution in [1.29, 1.82) is 0 Å². The van der Waals surface area contributed by atoms with Gasteiger partial charge in [0, 0.05) is 25.4 Å². The lowest BCUT2D eigenvalue weighted by molar-refractivity contribution is -0.138. The maximum Gasteiger partial charge on any atom is 0.317 e. The zero-order chi connectivity index (χ0) is 14.5. The molecule has 0 saturated heterocycles. The van der Waals surface area contributed by atoms with E-state index in [9.17, 15) is 4.79 Å². The minimum absolute atomic E-state index is 0.0124. The van der Waals surface area contributed by atoms with Gasteiger partial charge in [0.1, 0.15) is 5.69 Å². The first-order chi connectivity index (χ1) is 9.63. The molecule has 0 amide bonds. The van der Waals surface area contributed by atoms with Crippen LogP contribution in [0.2, 0.25) is 0 Å². The zero-order valence-corrected chi connectivity index (χ0v) is 11.8. The van der Waals surface area contributed by atoms with Gasteiger partial charge in [-0.1, -0.05) is 0 Å². The first-order valence-electron chi connectivity index (χ1n) is 6.64. The molecule has 1 aliphatic carbocycles. The van der Waals surface area contributed by atoms with Crippen molar-refractivity contribution in [3.8, 4) is 11.5 Å². The number of nitrogens with zero attached hydrogens (tertiary/aromatic N) is 2. The number of hydrogen-bond donors (Lipinski definition) is 1. The number of carbonyl (C=O) groups is 1. The lowest BCUT2D eigenvalue weighted by Crippen LogP contribution is -2.31. The summed E-state index contributed by atoms with van der Waals surface area (Å²) in [5.74, 6) is 0.971. The van der Waals surface area contributed by atoms with E-state index in [-0.39, 0.29) is 6.54 Å². The molecule has 0 radical (unpaired) electrons. The second kappa shape index (κ2) is 6.56. The van der Waals surface area contributed by atoms with Crippen LogP contribution in [0, 0.1) is 5.92 Å². The van der Waals surface area contributed by atoms with Gasteiger partial charge in [0.2, 0.25) is 0 Å². The normalized spacial score (nSPS) is 14.3. The van der Waals surface area contributed by atoms with Crippen LogP contribution in [-0.2, 0) is 11.3 Å². The van der Waals surface area contributed by atoms with Crippen molar-refractivity contribution in [2.24, 2.45) is 5.92 Å². The van der Waals surface area contributed by atoms with Crippen LogP contribution >= 0.6 is 0 Å². The molecule has 0 bridgehead atoms. The van der Waals surface area contributed by atoms with Gasteiger partial charge in [-0.15, -0.1) is 0 Å². The molecule has 2 rings (SSSR count). The fraction of sp³-hybridized carbons (Fsp3) is 0.571. The summed E-state index contributed by atoms with van der Waals surface area (Å²) in [6.07, 6.45) is 4.00. The molecule has 1 heterocycles. The quantitative estimate of drug-likeness (QED) is 0.776. The summed E-state index contributed by atoms with van der Waals surface area (Å²) < 4.78 is 10.6. The average Bonchev–Trinajstić information content (AvgIpc) is 3.21. The number of rotatable bonds is 8. The Morgan fingerprint density at radius 2 is 2.20 bits per heavy atom. The second-order valence-electron chi connectivity index (χ2n) is 5.00. The summed E-state index contributed by atoms with van der Waals surface area (Å²) in [5.41, 5.74) is 0.703. The third kappa shape index (κ3) is 3.84. The summed E-state index contributed by atoms with van der Waals surface area (Å²) in [5, 5.41) is 9.00. The second-order valence-corrected chi connectivity index (χ2v) is 5.00. The predicted octanol–water partition coefficient (Wildman–Crippen LogP) is 1.40. The Morgan fingerprint density at radius 1 is 1.45 bits per heavy atom. The number of carboxylic acids is 1. The fourth-order valence-electron chi connectivity index (χ4n) is 2.22. The molecule has 0 aromatic carbocycles. The highest BCUT2D eigenvalue weighted by Crippen LogP contribution is 2.32. The van der Waals surface area contributed by atoms with E-state index in [0.717, 1.165) is 6.54 Å². The molecule has 1 saturated carbocycles.